The maximum atomic E-state index is 14.8. The van der Waals surface area contributed by atoms with Crippen LogP contribution in [0, 0.1) is 42.4 Å². The third kappa shape index (κ3) is 6.34. The lowest BCUT2D eigenvalue weighted by Gasteiger charge is -2.20. The van der Waals surface area contributed by atoms with Crippen LogP contribution in [-0.2, 0) is 6.18 Å². The number of para-hydroxylation sites is 2. The smallest absolute Gasteiger partial charge is 0.309 e. The molecule has 0 aliphatic heterocycles. The predicted octanol–water partition coefficient (Wildman–Crippen LogP) is 15.3. The van der Waals surface area contributed by atoms with Crippen LogP contribution in [0.15, 0.2) is 158 Å². The molecule has 0 N–H and O–H groups in total. The first-order chi connectivity index (χ1) is 31.1. The van der Waals surface area contributed by atoms with Crippen molar-refractivity contribution in [3.63, 3.8) is 0 Å². The Bertz CT molecular complexity index is 3790. The fourth-order valence-electron chi connectivity index (χ4n) is 8.76. The van der Waals surface area contributed by atoms with Crippen LogP contribution in [0.5, 0.6) is 0 Å². The van der Waals surface area contributed by atoms with Gasteiger partial charge in [-0.2, -0.15) is 23.7 Å². The van der Waals surface area contributed by atoms with Gasteiger partial charge >= 0.3 is 6.18 Å². The van der Waals surface area contributed by atoms with Crippen LogP contribution in [0.2, 0.25) is 0 Å². The van der Waals surface area contributed by atoms with E-state index in [9.17, 15) is 23.7 Å². The monoisotopic (exact) mass is 829 g/mol. The van der Waals surface area contributed by atoms with E-state index in [2.05, 4.69) is 31.2 Å². The van der Waals surface area contributed by atoms with Crippen molar-refractivity contribution in [3.05, 3.63) is 209 Å². The van der Waals surface area contributed by atoms with Gasteiger partial charge in [-0.15, -0.1) is 0 Å². The van der Waals surface area contributed by atoms with E-state index in [1.165, 1.54) is 12.1 Å². The minimum Gasteiger partial charge on any atom is -0.309 e. The van der Waals surface area contributed by atoms with Gasteiger partial charge in [-0.1, -0.05) is 60.7 Å². The number of rotatable bonds is 5. The molecule has 0 bridgehead atoms. The summed E-state index contributed by atoms with van der Waals surface area (Å²) in [5, 5.41) is 22.7. The molecule has 64 heavy (non-hydrogen) atoms. The van der Waals surface area contributed by atoms with Crippen LogP contribution in [0.25, 0.3) is 103 Å². The van der Waals surface area contributed by atoms with E-state index < -0.39 is 11.7 Å². The van der Waals surface area contributed by atoms with E-state index in [1.807, 2.05) is 95.6 Å². The van der Waals surface area contributed by atoms with Crippen LogP contribution in [0.1, 0.15) is 16.7 Å². The van der Waals surface area contributed by atoms with Crippen LogP contribution in [0.3, 0.4) is 0 Å². The highest BCUT2D eigenvalue weighted by Gasteiger charge is 2.32. The van der Waals surface area contributed by atoms with Gasteiger partial charge in [0.05, 0.1) is 70.9 Å². The standard InChI is InChI=1S/C54H26F3N7/c1-60-39-15-19-52(63-48-10-6-4-8-42(48)45-26-34(12-17-50(45)63)36-20-32(30-58)22-40(24-36)61-2)47(29-39)44-16-14-38(54(55,56)57)28-53(44)64-49-11-7-5-9-43(49)46-27-35(13-18-51(46)64)37-21-33(31-59)23-41(25-37)62-3/h4-29H. The molecular weight excluding hydrogens is 804 g/mol. The molecule has 0 amide bonds. The summed E-state index contributed by atoms with van der Waals surface area (Å²) < 4.78 is 48.3. The SMILES string of the molecule is [C-]#[N+]c1cc(C#N)cc(-c2ccc3c(c2)c2ccccc2n3-c2ccc([N+]#[C-])cc2-c2ccc(C(F)(F)F)cc2-n2c3ccccc3c3cc(-c4cc(C#N)cc([N+]#[C-])c4)ccc32)c1. The zero-order chi connectivity index (χ0) is 44.3. The molecule has 0 saturated heterocycles. The van der Waals surface area contributed by atoms with Gasteiger partial charge in [0.15, 0.2) is 17.1 Å². The number of nitriles is 2. The number of hydrogen-bond donors (Lipinski definition) is 0. The Kier molecular flexibility index (Phi) is 9.06. The van der Waals surface area contributed by atoms with E-state index in [0.717, 1.165) is 55.8 Å². The Morgan fingerprint density at radius 2 is 0.922 bits per heavy atom. The molecular formula is C54H26F3N7. The minimum absolute atomic E-state index is 0.245. The average Bonchev–Trinajstić information content (AvgIpc) is 3.84. The summed E-state index contributed by atoms with van der Waals surface area (Å²) in [6.07, 6.45) is -4.68. The summed E-state index contributed by atoms with van der Waals surface area (Å²) in [7, 11) is 0. The first kappa shape index (κ1) is 38.8. The highest BCUT2D eigenvalue weighted by atomic mass is 19.4. The van der Waals surface area contributed by atoms with Crippen LogP contribution in [-0.4, -0.2) is 9.13 Å². The van der Waals surface area contributed by atoms with Crippen molar-refractivity contribution in [2.24, 2.45) is 0 Å². The maximum Gasteiger partial charge on any atom is 0.416 e. The van der Waals surface area contributed by atoms with Gasteiger partial charge in [0.2, 0.25) is 0 Å². The molecule has 2 aromatic heterocycles. The van der Waals surface area contributed by atoms with Gasteiger partial charge in [-0.05, 0) is 125 Å². The number of fused-ring (bicyclic) bond motifs is 6. The van der Waals surface area contributed by atoms with Crippen molar-refractivity contribution in [1.29, 1.82) is 10.5 Å². The molecule has 0 saturated carbocycles. The van der Waals surface area contributed by atoms with Gasteiger partial charge in [0.25, 0.3) is 0 Å². The number of nitrogens with zero attached hydrogens (tertiary/aromatic N) is 7. The fraction of sp³-hybridized carbons (Fsp3) is 0.0185. The second kappa shape index (κ2) is 14.9. The van der Waals surface area contributed by atoms with Gasteiger partial charge < -0.3 is 9.13 Å². The van der Waals surface area contributed by atoms with Gasteiger partial charge in [-0.3, -0.25) is 0 Å². The average molecular weight is 830 g/mol. The number of alkyl halides is 3. The quantitative estimate of drug-likeness (QED) is 0.162. The molecule has 10 heteroatoms. The highest BCUT2D eigenvalue weighted by molar-refractivity contribution is 6.13. The Morgan fingerprint density at radius 3 is 1.42 bits per heavy atom. The molecule has 0 unspecified atom stereocenters. The number of benzene rings is 8. The lowest BCUT2D eigenvalue weighted by molar-refractivity contribution is -0.137. The fourth-order valence-corrected chi connectivity index (χ4v) is 8.76. The van der Waals surface area contributed by atoms with E-state index >= 15 is 0 Å². The van der Waals surface area contributed by atoms with Gasteiger partial charge in [0, 0.05) is 38.2 Å². The minimum atomic E-state index is -4.68. The maximum absolute atomic E-state index is 14.8. The molecule has 0 spiro atoms. The molecule has 8 aromatic carbocycles. The Balaban J connectivity index is 1.25. The summed E-state index contributed by atoms with van der Waals surface area (Å²) >= 11 is 0. The first-order valence-corrected chi connectivity index (χ1v) is 19.8. The molecule has 298 valence electrons. The Labute approximate surface area is 364 Å². The lowest BCUT2D eigenvalue weighted by atomic mass is 9.97. The second-order valence-electron chi connectivity index (χ2n) is 15.2. The molecule has 10 rings (SSSR count). The third-order valence-electron chi connectivity index (χ3n) is 11.6. The normalized spacial score (nSPS) is 11.3. The summed E-state index contributed by atoms with van der Waals surface area (Å²) in [5.74, 6) is 0. The van der Waals surface area contributed by atoms with Crippen LogP contribution < -0.4 is 0 Å². The summed E-state index contributed by atoms with van der Waals surface area (Å²) in [6.45, 7) is 23.2. The summed E-state index contributed by atoms with van der Waals surface area (Å²) in [5.41, 5.74) is 8.44. The summed E-state index contributed by atoms with van der Waals surface area (Å²) in [6, 6.07) is 50.0. The molecule has 0 atom stereocenters. The molecule has 2 heterocycles. The number of halogens is 3. The van der Waals surface area contributed by atoms with Crippen molar-refractivity contribution < 1.29 is 13.2 Å². The molecule has 0 radical (unpaired) electrons. The Hall–Kier alpha value is -9.40. The molecule has 0 aliphatic rings. The second-order valence-corrected chi connectivity index (χ2v) is 15.2. The van der Waals surface area contributed by atoms with Crippen molar-refractivity contribution in [2.75, 3.05) is 0 Å². The molecule has 7 nitrogen and oxygen atoms in total. The number of hydrogen-bond acceptors (Lipinski definition) is 2. The largest absolute Gasteiger partial charge is 0.416 e. The number of aromatic nitrogens is 2. The lowest BCUT2D eigenvalue weighted by Crippen LogP contribution is -2.08. The van der Waals surface area contributed by atoms with Gasteiger partial charge in [0.1, 0.15) is 0 Å². The van der Waals surface area contributed by atoms with Gasteiger partial charge in [-0.25, -0.2) is 14.5 Å². The molecule has 10 aromatic rings. The zero-order valence-electron chi connectivity index (χ0n) is 33.3. The van der Waals surface area contributed by atoms with Crippen molar-refractivity contribution >= 4 is 60.7 Å². The van der Waals surface area contributed by atoms with Crippen LogP contribution >= 0.6 is 0 Å². The van der Waals surface area contributed by atoms with Crippen LogP contribution in [0.4, 0.5) is 30.2 Å². The van der Waals surface area contributed by atoms with E-state index in [0.29, 0.717) is 67.2 Å². The van der Waals surface area contributed by atoms with E-state index in [1.54, 1.807) is 42.5 Å². The molecule has 0 fully saturated rings. The van der Waals surface area contributed by atoms with E-state index in [4.69, 9.17) is 19.7 Å². The third-order valence-corrected chi connectivity index (χ3v) is 11.6. The van der Waals surface area contributed by atoms with Crippen molar-refractivity contribution in [2.45, 2.75) is 6.18 Å². The van der Waals surface area contributed by atoms with Crippen molar-refractivity contribution in [3.8, 4) is 56.9 Å². The van der Waals surface area contributed by atoms with Crippen molar-refractivity contribution in [1.82, 2.24) is 9.13 Å². The predicted molar refractivity (Wildman–Crippen MR) is 245 cm³/mol. The zero-order valence-corrected chi connectivity index (χ0v) is 33.3. The Morgan fingerprint density at radius 1 is 0.422 bits per heavy atom. The highest BCUT2D eigenvalue weighted by Crippen LogP contribution is 2.45. The van der Waals surface area contributed by atoms with E-state index in [-0.39, 0.29) is 5.69 Å². The molecule has 0 aliphatic carbocycles. The first-order valence-electron chi connectivity index (χ1n) is 19.8. The topological polar surface area (TPSA) is 70.5 Å². The summed E-state index contributed by atoms with van der Waals surface area (Å²) in [4.78, 5) is 10.9.